The van der Waals surface area contributed by atoms with E-state index >= 15 is 0 Å². The lowest BCUT2D eigenvalue weighted by Crippen LogP contribution is -2.41. The van der Waals surface area contributed by atoms with E-state index in [0.717, 1.165) is 21.3 Å². The summed E-state index contributed by atoms with van der Waals surface area (Å²) < 4.78 is 24.4. The first kappa shape index (κ1) is 23.7. The molecule has 0 bridgehead atoms. The molecule has 0 N–H and O–H groups in total. The molecule has 2 aliphatic heterocycles. The van der Waals surface area contributed by atoms with Crippen LogP contribution >= 0.6 is 15.9 Å². The van der Waals surface area contributed by atoms with Crippen LogP contribution in [0.15, 0.2) is 53.5 Å². The molecule has 0 radical (unpaired) electrons. The van der Waals surface area contributed by atoms with Crippen LogP contribution in [0.25, 0.3) is 0 Å². The van der Waals surface area contributed by atoms with Crippen LogP contribution in [0.2, 0.25) is 0 Å². The molecule has 7 nitrogen and oxygen atoms in total. The Morgan fingerprint density at radius 1 is 1.31 bits per heavy atom. The van der Waals surface area contributed by atoms with Gasteiger partial charge in [0.2, 0.25) is 0 Å². The Kier molecular flexibility index (Phi) is 6.25. The minimum absolute atomic E-state index is 0.0386. The van der Waals surface area contributed by atoms with Crippen LogP contribution in [0.5, 0.6) is 11.5 Å². The van der Waals surface area contributed by atoms with Crippen LogP contribution in [0.3, 0.4) is 0 Å². The Morgan fingerprint density at radius 2 is 2.09 bits per heavy atom. The van der Waals surface area contributed by atoms with Gasteiger partial charge in [0.1, 0.15) is 18.8 Å². The van der Waals surface area contributed by atoms with E-state index in [9.17, 15) is 9.59 Å². The highest BCUT2D eigenvalue weighted by atomic mass is 79.9. The molecule has 1 spiro atoms. The van der Waals surface area contributed by atoms with Gasteiger partial charge in [-0.2, -0.15) is 0 Å². The van der Waals surface area contributed by atoms with Gasteiger partial charge in [-0.05, 0) is 30.2 Å². The SMILES string of the molecule is C=CCOC(=O)N1CC[C@]23c4c(c(Br)cc(OC)c4O[C@H]2C[C@@H](OC(=O)c2ccccc2)C3C)C1. The zero-order chi connectivity index (χ0) is 24.7. The third kappa shape index (κ3) is 3.78. The molecule has 0 aromatic heterocycles. The number of carbonyl (C=O) groups excluding carboxylic acids is 2. The van der Waals surface area contributed by atoms with Crippen molar-refractivity contribution in [2.24, 2.45) is 5.92 Å². The number of nitrogens with zero attached hydrogens (tertiary/aromatic N) is 1. The lowest BCUT2D eigenvalue weighted by Gasteiger charge is -2.34. The van der Waals surface area contributed by atoms with Gasteiger partial charge < -0.3 is 23.8 Å². The summed E-state index contributed by atoms with van der Waals surface area (Å²) >= 11 is 3.71. The molecule has 184 valence electrons. The van der Waals surface area contributed by atoms with Crippen molar-refractivity contribution >= 4 is 28.0 Å². The van der Waals surface area contributed by atoms with Gasteiger partial charge in [-0.25, -0.2) is 9.59 Å². The number of hydrogen-bond donors (Lipinski definition) is 0. The van der Waals surface area contributed by atoms with Crippen molar-refractivity contribution in [2.45, 2.75) is 43.9 Å². The molecule has 1 saturated carbocycles. The minimum Gasteiger partial charge on any atom is -0.493 e. The van der Waals surface area contributed by atoms with Crippen molar-refractivity contribution in [3.63, 3.8) is 0 Å². The lowest BCUT2D eigenvalue weighted by atomic mass is 9.69. The van der Waals surface area contributed by atoms with Gasteiger partial charge in [0.15, 0.2) is 11.5 Å². The summed E-state index contributed by atoms with van der Waals surface area (Å²) in [4.78, 5) is 27.4. The first-order valence-electron chi connectivity index (χ1n) is 11.8. The highest BCUT2D eigenvalue weighted by Crippen LogP contribution is 2.62. The van der Waals surface area contributed by atoms with Gasteiger partial charge in [0.25, 0.3) is 0 Å². The average Bonchev–Trinajstić information content (AvgIpc) is 3.23. The van der Waals surface area contributed by atoms with E-state index in [1.807, 2.05) is 24.3 Å². The number of esters is 1. The van der Waals surface area contributed by atoms with Crippen LogP contribution < -0.4 is 9.47 Å². The number of rotatable bonds is 5. The zero-order valence-electron chi connectivity index (χ0n) is 19.8. The molecule has 3 aliphatic rings. The normalized spacial score (nSPS) is 26.1. The predicted molar refractivity (Wildman–Crippen MR) is 133 cm³/mol. The molecule has 2 aromatic carbocycles. The van der Waals surface area contributed by atoms with E-state index in [4.69, 9.17) is 18.9 Å². The largest absolute Gasteiger partial charge is 0.493 e. The van der Waals surface area contributed by atoms with Crippen LogP contribution in [0.1, 0.15) is 41.3 Å². The van der Waals surface area contributed by atoms with Crippen molar-refractivity contribution in [3.8, 4) is 11.5 Å². The maximum atomic E-state index is 12.9. The van der Waals surface area contributed by atoms with Gasteiger partial charge in [-0.3, -0.25) is 0 Å². The molecule has 0 saturated heterocycles. The highest BCUT2D eigenvalue weighted by Gasteiger charge is 2.63. The molecule has 35 heavy (non-hydrogen) atoms. The average molecular weight is 542 g/mol. The smallest absolute Gasteiger partial charge is 0.410 e. The maximum Gasteiger partial charge on any atom is 0.410 e. The Labute approximate surface area is 213 Å². The quantitative estimate of drug-likeness (QED) is 0.380. The molecule has 4 atom stereocenters. The Balaban J connectivity index is 1.53. The van der Waals surface area contributed by atoms with Gasteiger partial charge in [-0.1, -0.05) is 53.7 Å². The highest BCUT2D eigenvalue weighted by molar-refractivity contribution is 9.10. The number of halogens is 1. The fraction of sp³-hybridized carbons (Fsp3) is 0.407. The number of hydrogen-bond acceptors (Lipinski definition) is 6. The second-order valence-electron chi connectivity index (χ2n) is 9.26. The standard InChI is InChI=1S/C27H28BrNO6/c1-4-12-33-26(31)29-11-10-27-16(2)20(34-25(30)17-8-6-5-7-9-17)14-22(27)35-24-21(32-3)13-19(28)18(15-29)23(24)27/h4-9,13,16,20,22H,1,10-12,14-15H2,2-3H3/t16?,20-,22+,27-/m1/s1. The number of carbonyl (C=O) groups is 2. The van der Waals surface area contributed by atoms with Crippen molar-refractivity contribution in [1.29, 1.82) is 0 Å². The molecule has 1 amide bonds. The number of benzene rings is 2. The van der Waals surface area contributed by atoms with Crippen LogP contribution in [0, 0.1) is 5.92 Å². The monoisotopic (exact) mass is 541 g/mol. The van der Waals surface area contributed by atoms with Crippen LogP contribution in [0.4, 0.5) is 4.79 Å². The fourth-order valence-electron chi connectivity index (χ4n) is 5.91. The van der Waals surface area contributed by atoms with Crippen molar-refractivity contribution in [3.05, 3.63) is 70.2 Å². The molecule has 1 unspecified atom stereocenters. The minimum atomic E-state index is -0.434. The maximum absolute atomic E-state index is 12.9. The third-order valence-electron chi connectivity index (χ3n) is 7.63. The first-order valence-corrected chi connectivity index (χ1v) is 12.5. The Bertz CT molecular complexity index is 1170. The van der Waals surface area contributed by atoms with Gasteiger partial charge >= 0.3 is 12.1 Å². The molecule has 1 aliphatic carbocycles. The molecule has 1 fully saturated rings. The predicted octanol–water partition coefficient (Wildman–Crippen LogP) is 5.25. The second kappa shape index (κ2) is 9.22. The van der Waals surface area contributed by atoms with E-state index in [1.165, 1.54) is 0 Å². The van der Waals surface area contributed by atoms with Gasteiger partial charge in [0.05, 0.1) is 19.2 Å². The summed E-state index contributed by atoms with van der Waals surface area (Å²) in [6, 6.07) is 10.9. The molecule has 2 heterocycles. The number of amides is 1. The molecule has 2 aromatic rings. The van der Waals surface area contributed by atoms with E-state index in [0.29, 0.717) is 37.2 Å². The van der Waals surface area contributed by atoms with E-state index in [2.05, 4.69) is 29.4 Å². The fourth-order valence-corrected chi connectivity index (χ4v) is 6.44. The Hall–Kier alpha value is -3.00. The summed E-state index contributed by atoms with van der Waals surface area (Å²) in [5.74, 6) is 0.992. The lowest BCUT2D eigenvalue weighted by molar-refractivity contribution is 0.0173. The summed E-state index contributed by atoms with van der Waals surface area (Å²) in [6.45, 7) is 6.76. The van der Waals surface area contributed by atoms with Crippen LogP contribution in [-0.2, 0) is 21.4 Å². The molecular formula is C27H28BrNO6. The van der Waals surface area contributed by atoms with Gasteiger partial charge in [-0.15, -0.1) is 0 Å². The summed E-state index contributed by atoms with van der Waals surface area (Å²) in [5, 5.41) is 0. The molecular weight excluding hydrogens is 514 g/mol. The van der Waals surface area contributed by atoms with Crippen molar-refractivity contribution < 1.29 is 28.5 Å². The summed E-state index contributed by atoms with van der Waals surface area (Å²) in [6.07, 6.45) is 1.87. The number of ether oxygens (including phenoxy) is 4. The number of methoxy groups -OCH3 is 1. The van der Waals surface area contributed by atoms with Gasteiger partial charge in [0, 0.05) is 34.3 Å². The van der Waals surface area contributed by atoms with E-state index in [-0.39, 0.29) is 36.8 Å². The van der Waals surface area contributed by atoms with E-state index < -0.39 is 5.41 Å². The van der Waals surface area contributed by atoms with Crippen molar-refractivity contribution in [1.82, 2.24) is 4.90 Å². The van der Waals surface area contributed by atoms with E-state index in [1.54, 1.807) is 30.2 Å². The molecule has 8 heteroatoms. The topological polar surface area (TPSA) is 74.3 Å². The van der Waals surface area contributed by atoms with Crippen molar-refractivity contribution in [2.75, 3.05) is 20.3 Å². The summed E-state index contributed by atoms with van der Waals surface area (Å²) in [7, 11) is 1.62. The summed E-state index contributed by atoms with van der Waals surface area (Å²) in [5.41, 5.74) is 2.10. The second-order valence-corrected chi connectivity index (χ2v) is 10.1. The zero-order valence-corrected chi connectivity index (χ0v) is 21.4. The van der Waals surface area contributed by atoms with Crippen LogP contribution in [-0.4, -0.2) is 49.4 Å². The Morgan fingerprint density at radius 3 is 2.80 bits per heavy atom. The first-order chi connectivity index (χ1) is 16.9. The molecule has 5 rings (SSSR count). The third-order valence-corrected chi connectivity index (χ3v) is 8.34.